The summed E-state index contributed by atoms with van der Waals surface area (Å²) in [7, 11) is 0. The van der Waals surface area contributed by atoms with Gasteiger partial charge in [0.15, 0.2) is 0 Å². The molecule has 0 aliphatic heterocycles. The van der Waals surface area contributed by atoms with Crippen molar-refractivity contribution in [2.24, 2.45) is 0 Å². The summed E-state index contributed by atoms with van der Waals surface area (Å²) in [5, 5.41) is 14.9. The number of carbonyl (C=O) groups excluding carboxylic acids is 1. The topological polar surface area (TPSA) is 65.3 Å². The second kappa shape index (κ2) is 6.64. The van der Waals surface area contributed by atoms with Crippen LogP contribution in [0.1, 0.15) is 20.8 Å². The molecule has 6 heteroatoms. The Hall–Kier alpha value is -1.22. The SMILES string of the molecule is CC(C)(C)OC(=O)NCC[AsH]c1cccc[n+]1[O-]. The molecule has 1 rings (SSSR count). The fraction of sp³-hybridized carbons (Fsp3) is 0.500. The number of nitrogens with zero attached hydrogens (tertiary/aromatic N) is 1. The molecule has 1 heterocycles. The second-order valence-electron chi connectivity index (χ2n) is 4.77. The van der Waals surface area contributed by atoms with E-state index in [1.165, 1.54) is 6.20 Å². The summed E-state index contributed by atoms with van der Waals surface area (Å²) in [5.41, 5.74) is -0.474. The van der Waals surface area contributed by atoms with Crippen molar-refractivity contribution in [2.45, 2.75) is 31.6 Å². The number of aromatic nitrogens is 1. The number of nitrogens with one attached hydrogen (secondary N) is 1. The molecule has 0 spiro atoms. The summed E-state index contributed by atoms with van der Waals surface area (Å²) in [6.07, 6.45) is 1.09. The van der Waals surface area contributed by atoms with E-state index in [2.05, 4.69) is 5.32 Å². The van der Waals surface area contributed by atoms with Gasteiger partial charge in [0.1, 0.15) is 0 Å². The third-order valence-electron chi connectivity index (χ3n) is 1.92. The van der Waals surface area contributed by atoms with Gasteiger partial charge in [0.05, 0.1) is 0 Å². The first-order chi connectivity index (χ1) is 8.38. The number of pyridine rings is 1. The Bertz CT molecular complexity index is 405. The summed E-state index contributed by atoms with van der Waals surface area (Å²) in [6, 6.07) is 5.40. The number of rotatable bonds is 4. The molecule has 1 unspecified atom stereocenters. The van der Waals surface area contributed by atoms with Crippen LogP contribution in [-0.4, -0.2) is 34.0 Å². The molecule has 0 aliphatic carbocycles. The van der Waals surface area contributed by atoms with Crippen molar-refractivity contribution in [3.8, 4) is 0 Å². The number of carbonyl (C=O) groups is 1. The van der Waals surface area contributed by atoms with Crippen LogP contribution >= 0.6 is 0 Å². The predicted molar refractivity (Wildman–Crippen MR) is 71.2 cm³/mol. The number of ether oxygens (including phenoxy) is 1. The number of alkyl carbamates (subject to hydrolysis) is 1. The summed E-state index contributed by atoms with van der Waals surface area (Å²) < 4.78 is 6.83. The van der Waals surface area contributed by atoms with E-state index in [0.717, 1.165) is 14.4 Å². The van der Waals surface area contributed by atoms with E-state index >= 15 is 0 Å². The zero-order valence-electron chi connectivity index (χ0n) is 10.9. The molecule has 0 aliphatic rings. The Morgan fingerprint density at radius 1 is 1.50 bits per heavy atom. The van der Waals surface area contributed by atoms with Crippen molar-refractivity contribution in [3.63, 3.8) is 0 Å². The Balaban J connectivity index is 2.23. The first-order valence-electron chi connectivity index (χ1n) is 5.77. The van der Waals surface area contributed by atoms with Gasteiger partial charge in [0.2, 0.25) is 0 Å². The molecule has 0 fully saturated rings. The molecule has 5 nitrogen and oxygen atoms in total. The first-order valence-corrected chi connectivity index (χ1v) is 8.31. The molecule has 1 aromatic rings. The van der Waals surface area contributed by atoms with Gasteiger partial charge in [-0.05, 0) is 0 Å². The van der Waals surface area contributed by atoms with Crippen molar-refractivity contribution in [1.29, 1.82) is 0 Å². The minimum absolute atomic E-state index is 0.405. The van der Waals surface area contributed by atoms with Crippen molar-refractivity contribution in [3.05, 3.63) is 29.6 Å². The van der Waals surface area contributed by atoms with Gasteiger partial charge < -0.3 is 0 Å². The summed E-state index contributed by atoms with van der Waals surface area (Å²) >= 11 is -0.518. The molecular formula is C12H19AsN2O3. The van der Waals surface area contributed by atoms with Crippen molar-refractivity contribution in [1.82, 2.24) is 5.32 Å². The van der Waals surface area contributed by atoms with Gasteiger partial charge in [0, 0.05) is 0 Å². The van der Waals surface area contributed by atoms with Gasteiger partial charge in [0.25, 0.3) is 0 Å². The maximum atomic E-state index is 11.4. The fourth-order valence-corrected chi connectivity index (χ4v) is 3.23. The predicted octanol–water partition coefficient (Wildman–Crippen LogP) is 0.325. The van der Waals surface area contributed by atoms with Crippen molar-refractivity contribution >= 4 is 26.3 Å². The number of hydrogen-bond donors (Lipinski definition) is 1. The number of hydrogen-bond acceptors (Lipinski definition) is 3. The van der Waals surface area contributed by atoms with Crippen molar-refractivity contribution in [2.75, 3.05) is 6.54 Å². The molecule has 0 saturated heterocycles. The van der Waals surface area contributed by atoms with Crippen LogP contribution in [0.25, 0.3) is 0 Å². The Morgan fingerprint density at radius 2 is 2.22 bits per heavy atom. The monoisotopic (exact) mass is 314 g/mol. The molecule has 100 valence electrons. The summed E-state index contributed by atoms with van der Waals surface area (Å²) in [6.45, 7) is 6.02. The molecule has 1 amide bonds. The normalized spacial score (nSPS) is 11.7. The molecule has 1 atom stereocenters. The molecule has 18 heavy (non-hydrogen) atoms. The average Bonchev–Trinajstić information content (AvgIpc) is 2.24. The van der Waals surface area contributed by atoms with E-state index in [1.54, 1.807) is 6.07 Å². The third-order valence-corrected chi connectivity index (χ3v) is 4.54. The van der Waals surface area contributed by atoms with Gasteiger partial charge in [-0.2, -0.15) is 0 Å². The molecule has 1 N–H and O–H groups in total. The molecule has 0 aromatic carbocycles. The van der Waals surface area contributed by atoms with Gasteiger partial charge >= 0.3 is 114 Å². The molecule has 0 radical (unpaired) electrons. The van der Waals surface area contributed by atoms with E-state index < -0.39 is 27.4 Å². The van der Waals surface area contributed by atoms with Crippen LogP contribution in [0.2, 0.25) is 5.21 Å². The molecule has 0 bridgehead atoms. The van der Waals surface area contributed by atoms with Crippen LogP contribution < -0.4 is 14.5 Å². The van der Waals surface area contributed by atoms with Crippen LogP contribution in [0.3, 0.4) is 0 Å². The minimum atomic E-state index is -0.518. The number of amides is 1. The van der Waals surface area contributed by atoms with Crippen LogP contribution in [0.4, 0.5) is 4.79 Å². The van der Waals surface area contributed by atoms with Crippen molar-refractivity contribution < 1.29 is 14.3 Å². The average molecular weight is 314 g/mol. The van der Waals surface area contributed by atoms with E-state index in [9.17, 15) is 10.0 Å². The van der Waals surface area contributed by atoms with E-state index in [1.807, 2.05) is 32.9 Å². The van der Waals surface area contributed by atoms with E-state index in [-0.39, 0.29) is 0 Å². The molecule has 1 aromatic heterocycles. The first kappa shape index (κ1) is 14.8. The van der Waals surface area contributed by atoms with Crippen LogP contribution in [-0.2, 0) is 4.74 Å². The van der Waals surface area contributed by atoms with E-state index in [0.29, 0.717) is 6.54 Å². The van der Waals surface area contributed by atoms with Crippen LogP contribution in [0.15, 0.2) is 24.4 Å². The third kappa shape index (κ3) is 5.92. The Morgan fingerprint density at radius 3 is 2.83 bits per heavy atom. The van der Waals surface area contributed by atoms with Gasteiger partial charge in [-0.25, -0.2) is 0 Å². The van der Waals surface area contributed by atoms with Gasteiger partial charge in [-0.1, -0.05) is 0 Å². The molecular weight excluding hydrogens is 295 g/mol. The molecule has 0 saturated carbocycles. The second-order valence-corrected chi connectivity index (χ2v) is 7.63. The standard InChI is InChI=1S/C12H19AsN2O3/c1-12(2,3)18-11(16)14-8-7-13-10-6-4-5-9-15(10)17/h4-6,9,13H,7-8H2,1-3H3,(H,14,16). The van der Waals surface area contributed by atoms with Crippen LogP contribution in [0.5, 0.6) is 0 Å². The van der Waals surface area contributed by atoms with Gasteiger partial charge in [-0.15, -0.1) is 0 Å². The zero-order valence-corrected chi connectivity index (χ0v) is 13.0. The van der Waals surface area contributed by atoms with E-state index in [4.69, 9.17) is 4.74 Å². The maximum absolute atomic E-state index is 11.4. The fourth-order valence-electron chi connectivity index (χ4n) is 1.23. The summed E-state index contributed by atoms with van der Waals surface area (Å²) in [5.74, 6) is 0. The Kier molecular flexibility index (Phi) is 5.47. The van der Waals surface area contributed by atoms with Gasteiger partial charge in [-0.3, -0.25) is 0 Å². The quantitative estimate of drug-likeness (QED) is 0.377. The zero-order chi connectivity index (χ0) is 13.6. The van der Waals surface area contributed by atoms with Crippen LogP contribution in [0, 0.1) is 5.21 Å². The summed E-state index contributed by atoms with van der Waals surface area (Å²) in [4.78, 5) is 11.4. The Labute approximate surface area is 114 Å².